The number of ether oxygens (including phenoxy) is 2. The zero-order valence-corrected chi connectivity index (χ0v) is 17.6. The minimum atomic E-state index is -0.0302. The van der Waals surface area contributed by atoms with Crippen LogP contribution in [0.5, 0.6) is 11.5 Å². The first-order chi connectivity index (χ1) is 13.3. The van der Waals surface area contributed by atoms with Crippen LogP contribution in [-0.2, 0) is 6.54 Å². The average molecular weight is 388 g/mol. The molecule has 0 bridgehead atoms. The number of benzene rings is 1. The predicted octanol–water partition coefficient (Wildman–Crippen LogP) is 2.97. The molecule has 0 saturated carbocycles. The summed E-state index contributed by atoms with van der Waals surface area (Å²) in [6, 6.07) is 5.55. The van der Waals surface area contributed by atoms with Crippen molar-refractivity contribution in [3.63, 3.8) is 0 Å². The summed E-state index contributed by atoms with van der Waals surface area (Å²) in [4.78, 5) is 16.8. The summed E-state index contributed by atoms with van der Waals surface area (Å²) in [5.41, 5.74) is 1.28. The molecule has 2 amide bonds. The lowest BCUT2D eigenvalue weighted by molar-refractivity contribution is 0.129. The summed E-state index contributed by atoms with van der Waals surface area (Å²) in [5.74, 6) is 3.65. The van der Waals surface area contributed by atoms with Crippen molar-refractivity contribution >= 4 is 6.03 Å². The monoisotopic (exact) mass is 387 g/mol. The lowest BCUT2D eigenvalue weighted by Gasteiger charge is -2.35. The topological polar surface area (TPSA) is 54.0 Å². The zero-order valence-electron chi connectivity index (χ0n) is 17.6. The Morgan fingerprint density at radius 2 is 1.93 bits per heavy atom. The van der Waals surface area contributed by atoms with Gasteiger partial charge < -0.3 is 19.7 Å². The van der Waals surface area contributed by atoms with Crippen LogP contribution < -0.4 is 14.8 Å². The van der Waals surface area contributed by atoms with E-state index in [2.05, 4.69) is 36.9 Å². The van der Waals surface area contributed by atoms with Gasteiger partial charge in [-0.15, -0.1) is 6.42 Å². The highest BCUT2D eigenvalue weighted by Crippen LogP contribution is 2.28. The summed E-state index contributed by atoms with van der Waals surface area (Å²) in [5, 5.41) is 2.99. The highest BCUT2D eigenvalue weighted by molar-refractivity contribution is 5.74. The molecule has 1 aliphatic heterocycles. The number of terminal acetylenes is 1. The second kappa shape index (κ2) is 10.2. The number of carbonyl (C=O) groups is 1. The number of carbonyl (C=O) groups excluding carboxylic acids is 1. The molecule has 0 aliphatic carbocycles. The van der Waals surface area contributed by atoms with E-state index in [0.29, 0.717) is 23.5 Å². The average Bonchev–Trinajstić information content (AvgIpc) is 2.68. The van der Waals surface area contributed by atoms with E-state index in [9.17, 15) is 4.79 Å². The summed E-state index contributed by atoms with van der Waals surface area (Å²) in [6.07, 6.45) is 6.42. The van der Waals surface area contributed by atoms with Crippen molar-refractivity contribution < 1.29 is 14.3 Å². The van der Waals surface area contributed by atoms with Gasteiger partial charge in [0.2, 0.25) is 0 Å². The maximum Gasteiger partial charge on any atom is 0.317 e. The molecule has 1 fully saturated rings. The molecule has 1 heterocycles. The Kier molecular flexibility index (Phi) is 8.01. The van der Waals surface area contributed by atoms with Gasteiger partial charge in [-0.05, 0) is 36.1 Å². The molecule has 0 atom stereocenters. The Morgan fingerprint density at radius 3 is 2.54 bits per heavy atom. The number of methoxy groups -OCH3 is 1. The van der Waals surface area contributed by atoms with Gasteiger partial charge in [0.15, 0.2) is 11.5 Å². The second-order valence-corrected chi connectivity index (χ2v) is 8.28. The van der Waals surface area contributed by atoms with Crippen molar-refractivity contribution in [1.29, 1.82) is 0 Å². The Bertz CT molecular complexity index is 683. The highest BCUT2D eigenvalue weighted by atomic mass is 16.5. The fourth-order valence-electron chi connectivity index (χ4n) is 3.02. The Morgan fingerprint density at radius 1 is 1.21 bits per heavy atom. The molecule has 0 radical (unpaired) electrons. The normalized spacial score (nSPS) is 15.0. The van der Waals surface area contributed by atoms with Gasteiger partial charge in [-0.2, -0.15) is 0 Å². The minimum Gasteiger partial charge on any atom is -0.493 e. The predicted molar refractivity (Wildman–Crippen MR) is 112 cm³/mol. The molecule has 2 rings (SSSR count). The molecule has 1 saturated heterocycles. The summed E-state index contributed by atoms with van der Waals surface area (Å²) in [6.45, 7) is 11.9. The number of nitrogens with one attached hydrogen (secondary N) is 1. The quantitative estimate of drug-likeness (QED) is 0.731. The van der Waals surface area contributed by atoms with Crippen LogP contribution in [0.4, 0.5) is 4.79 Å². The van der Waals surface area contributed by atoms with Crippen molar-refractivity contribution in [2.24, 2.45) is 5.41 Å². The first-order valence-corrected chi connectivity index (χ1v) is 9.80. The summed E-state index contributed by atoms with van der Waals surface area (Å²) in [7, 11) is 1.58. The molecule has 1 aromatic carbocycles. The van der Waals surface area contributed by atoms with Gasteiger partial charge in [0, 0.05) is 32.7 Å². The van der Waals surface area contributed by atoms with Crippen molar-refractivity contribution in [2.45, 2.75) is 33.7 Å². The maximum atomic E-state index is 12.5. The van der Waals surface area contributed by atoms with E-state index >= 15 is 0 Å². The third-order valence-corrected chi connectivity index (χ3v) is 4.82. The summed E-state index contributed by atoms with van der Waals surface area (Å²) >= 11 is 0. The van der Waals surface area contributed by atoms with Crippen LogP contribution in [0, 0.1) is 17.8 Å². The zero-order chi connectivity index (χ0) is 20.6. The highest BCUT2D eigenvalue weighted by Gasteiger charge is 2.22. The third kappa shape index (κ3) is 6.97. The number of amides is 2. The molecule has 0 unspecified atom stereocenters. The molecule has 6 heteroatoms. The van der Waals surface area contributed by atoms with Crippen molar-refractivity contribution in [1.82, 2.24) is 15.1 Å². The number of hydrogen-bond donors (Lipinski definition) is 1. The maximum absolute atomic E-state index is 12.5. The first-order valence-electron chi connectivity index (χ1n) is 9.80. The van der Waals surface area contributed by atoms with Crippen LogP contribution in [0.15, 0.2) is 18.2 Å². The van der Waals surface area contributed by atoms with Crippen LogP contribution in [0.25, 0.3) is 0 Å². The molecule has 6 nitrogen and oxygen atoms in total. The molecular weight excluding hydrogens is 354 g/mol. The van der Waals surface area contributed by atoms with Gasteiger partial charge in [0.1, 0.15) is 6.61 Å². The van der Waals surface area contributed by atoms with E-state index < -0.39 is 0 Å². The Labute approximate surface area is 169 Å². The van der Waals surface area contributed by atoms with E-state index in [4.69, 9.17) is 15.9 Å². The number of nitrogens with zero attached hydrogens (tertiary/aromatic N) is 2. The molecule has 1 aliphatic rings. The molecule has 0 spiro atoms. The van der Waals surface area contributed by atoms with Crippen molar-refractivity contribution in [2.75, 3.05) is 46.4 Å². The van der Waals surface area contributed by atoms with Gasteiger partial charge in [-0.3, -0.25) is 4.90 Å². The smallest absolute Gasteiger partial charge is 0.317 e. The van der Waals surface area contributed by atoms with Crippen LogP contribution in [0.1, 0.15) is 32.8 Å². The standard InChI is InChI=1S/C22H33N3O3/c1-6-15-28-20-16-18(7-8-19(20)27-5)17-23-21(26)25-13-11-24(12-14-25)10-9-22(2,3)4/h1,7-8,16H,9-15,17H2,2-5H3,(H,23,26). The lowest BCUT2D eigenvalue weighted by Crippen LogP contribution is -2.51. The van der Waals surface area contributed by atoms with Crippen molar-refractivity contribution in [3.8, 4) is 23.8 Å². The Hall–Kier alpha value is -2.39. The van der Waals surface area contributed by atoms with Gasteiger partial charge in [0.05, 0.1) is 7.11 Å². The van der Waals surface area contributed by atoms with E-state index in [0.717, 1.165) is 38.3 Å². The van der Waals surface area contributed by atoms with Crippen LogP contribution in [-0.4, -0.2) is 62.3 Å². The van der Waals surface area contributed by atoms with E-state index in [1.54, 1.807) is 7.11 Å². The Balaban J connectivity index is 1.80. The van der Waals surface area contributed by atoms with Gasteiger partial charge in [-0.1, -0.05) is 32.8 Å². The van der Waals surface area contributed by atoms with Gasteiger partial charge in [0.25, 0.3) is 0 Å². The molecule has 1 N–H and O–H groups in total. The van der Waals surface area contributed by atoms with Crippen LogP contribution >= 0.6 is 0 Å². The van der Waals surface area contributed by atoms with Gasteiger partial charge in [-0.25, -0.2) is 4.79 Å². The lowest BCUT2D eigenvalue weighted by atomic mass is 9.92. The fraction of sp³-hybridized carbons (Fsp3) is 0.591. The fourth-order valence-corrected chi connectivity index (χ4v) is 3.02. The molecule has 28 heavy (non-hydrogen) atoms. The number of urea groups is 1. The van der Waals surface area contributed by atoms with Crippen LogP contribution in [0.2, 0.25) is 0 Å². The largest absolute Gasteiger partial charge is 0.493 e. The van der Waals surface area contributed by atoms with E-state index in [1.807, 2.05) is 23.1 Å². The SMILES string of the molecule is C#CCOc1cc(CNC(=O)N2CCN(CCC(C)(C)C)CC2)ccc1OC. The van der Waals surface area contributed by atoms with Crippen molar-refractivity contribution in [3.05, 3.63) is 23.8 Å². The number of rotatable bonds is 7. The van der Waals surface area contributed by atoms with Crippen LogP contribution in [0.3, 0.4) is 0 Å². The first kappa shape index (κ1) is 21.9. The molecular formula is C22H33N3O3. The van der Waals surface area contributed by atoms with Gasteiger partial charge >= 0.3 is 6.03 Å². The molecule has 0 aromatic heterocycles. The van der Waals surface area contributed by atoms with E-state index in [1.165, 1.54) is 6.42 Å². The second-order valence-electron chi connectivity index (χ2n) is 8.28. The third-order valence-electron chi connectivity index (χ3n) is 4.82. The van der Waals surface area contributed by atoms with E-state index in [-0.39, 0.29) is 12.6 Å². The number of piperazine rings is 1. The molecule has 1 aromatic rings. The summed E-state index contributed by atoms with van der Waals surface area (Å²) < 4.78 is 10.8. The number of hydrogen-bond acceptors (Lipinski definition) is 4. The molecule has 154 valence electrons. The minimum absolute atomic E-state index is 0.0302.